The van der Waals surface area contributed by atoms with Crippen molar-refractivity contribution >= 4 is 17.2 Å². The second-order valence-corrected chi connectivity index (χ2v) is 3.33. The molecule has 0 aliphatic rings. The first-order valence-corrected chi connectivity index (χ1v) is 4.53. The molecule has 0 saturated heterocycles. The van der Waals surface area contributed by atoms with Gasteiger partial charge in [-0.05, 0) is 24.6 Å². The number of hydrogen-bond acceptors (Lipinski definition) is 3. The van der Waals surface area contributed by atoms with E-state index in [2.05, 4.69) is 0 Å². The lowest BCUT2D eigenvalue weighted by molar-refractivity contribution is 0.354. The molecule has 14 heavy (non-hydrogen) atoms. The molecule has 1 rings (SSSR count). The summed E-state index contributed by atoms with van der Waals surface area (Å²) in [6.45, 7) is 1.93. The van der Waals surface area contributed by atoms with Crippen LogP contribution in [0.15, 0.2) is 12.1 Å². The first kappa shape index (κ1) is 10.8. The molecule has 0 fully saturated rings. The maximum atomic E-state index is 5.56. The van der Waals surface area contributed by atoms with Crippen LogP contribution >= 0.6 is 12.2 Å². The van der Waals surface area contributed by atoms with E-state index >= 15 is 0 Å². The normalized spacial score (nSPS) is 9.64. The molecular weight excluding hydrogens is 198 g/mol. The third kappa shape index (κ3) is 1.96. The molecule has 0 bridgehead atoms. The number of methoxy groups -OCH3 is 2. The van der Waals surface area contributed by atoms with Gasteiger partial charge in [-0.1, -0.05) is 12.2 Å². The van der Waals surface area contributed by atoms with Crippen molar-refractivity contribution in [3.05, 3.63) is 23.3 Å². The van der Waals surface area contributed by atoms with Crippen LogP contribution in [0.4, 0.5) is 0 Å². The highest BCUT2D eigenvalue weighted by atomic mass is 32.1. The summed E-state index contributed by atoms with van der Waals surface area (Å²) in [4.78, 5) is 0.364. The molecular formula is C10H13NO2S. The fourth-order valence-electron chi connectivity index (χ4n) is 1.25. The Kier molecular flexibility index (Phi) is 3.30. The van der Waals surface area contributed by atoms with Gasteiger partial charge < -0.3 is 15.2 Å². The Morgan fingerprint density at radius 2 is 1.71 bits per heavy atom. The first-order chi connectivity index (χ1) is 6.60. The number of hydrogen-bond donors (Lipinski definition) is 1. The van der Waals surface area contributed by atoms with Crippen LogP contribution in [0, 0.1) is 6.92 Å². The van der Waals surface area contributed by atoms with Crippen LogP contribution in [0.3, 0.4) is 0 Å². The highest BCUT2D eigenvalue weighted by Crippen LogP contribution is 2.29. The largest absolute Gasteiger partial charge is 0.493 e. The van der Waals surface area contributed by atoms with Crippen LogP contribution in [-0.4, -0.2) is 19.2 Å². The molecule has 0 aliphatic carbocycles. The van der Waals surface area contributed by atoms with Gasteiger partial charge in [-0.2, -0.15) is 0 Å². The van der Waals surface area contributed by atoms with Gasteiger partial charge in [0.1, 0.15) is 4.99 Å². The van der Waals surface area contributed by atoms with E-state index in [-0.39, 0.29) is 0 Å². The van der Waals surface area contributed by atoms with Crippen molar-refractivity contribution in [2.24, 2.45) is 5.73 Å². The van der Waals surface area contributed by atoms with E-state index in [1.54, 1.807) is 20.3 Å². The number of rotatable bonds is 3. The quantitative estimate of drug-likeness (QED) is 0.772. The summed E-state index contributed by atoms with van der Waals surface area (Å²) in [5, 5.41) is 0. The monoisotopic (exact) mass is 211 g/mol. The molecule has 4 heteroatoms. The molecule has 0 unspecified atom stereocenters. The molecule has 0 atom stereocenters. The molecule has 0 spiro atoms. The highest BCUT2D eigenvalue weighted by Gasteiger charge is 2.09. The third-order valence-electron chi connectivity index (χ3n) is 2.00. The first-order valence-electron chi connectivity index (χ1n) is 4.12. The van der Waals surface area contributed by atoms with Gasteiger partial charge in [0, 0.05) is 5.56 Å². The smallest absolute Gasteiger partial charge is 0.161 e. The second-order valence-electron chi connectivity index (χ2n) is 2.89. The highest BCUT2D eigenvalue weighted by molar-refractivity contribution is 7.80. The number of aryl methyl sites for hydroxylation is 1. The van der Waals surface area contributed by atoms with Crippen molar-refractivity contribution in [3.8, 4) is 11.5 Å². The van der Waals surface area contributed by atoms with E-state index in [0.29, 0.717) is 16.5 Å². The fraction of sp³-hybridized carbons (Fsp3) is 0.300. The maximum absolute atomic E-state index is 5.56. The summed E-state index contributed by atoms with van der Waals surface area (Å²) in [7, 11) is 3.17. The van der Waals surface area contributed by atoms with Gasteiger partial charge in [-0.15, -0.1) is 0 Å². The minimum atomic E-state index is 0.364. The molecule has 2 N–H and O–H groups in total. The van der Waals surface area contributed by atoms with Gasteiger partial charge in [-0.3, -0.25) is 0 Å². The Morgan fingerprint density at radius 1 is 1.21 bits per heavy atom. The van der Waals surface area contributed by atoms with Crippen molar-refractivity contribution in [3.63, 3.8) is 0 Å². The van der Waals surface area contributed by atoms with Gasteiger partial charge in [-0.25, -0.2) is 0 Å². The van der Waals surface area contributed by atoms with Crippen LogP contribution < -0.4 is 15.2 Å². The number of benzene rings is 1. The second kappa shape index (κ2) is 4.28. The Labute approximate surface area is 88.8 Å². The Morgan fingerprint density at radius 3 is 2.14 bits per heavy atom. The molecule has 76 valence electrons. The third-order valence-corrected chi connectivity index (χ3v) is 2.22. The molecule has 0 amide bonds. The van der Waals surface area contributed by atoms with E-state index in [4.69, 9.17) is 27.4 Å². The lowest BCUT2D eigenvalue weighted by Crippen LogP contribution is -2.11. The van der Waals surface area contributed by atoms with Crippen molar-refractivity contribution < 1.29 is 9.47 Å². The average Bonchev–Trinajstić information content (AvgIpc) is 2.16. The van der Waals surface area contributed by atoms with Gasteiger partial charge in [0.2, 0.25) is 0 Å². The summed E-state index contributed by atoms with van der Waals surface area (Å²) in [6, 6.07) is 3.64. The zero-order valence-corrected chi connectivity index (χ0v) is 9.27. The summed E-state index contributed by atoms with van der Waals surface area (Å²) < 4.78 is 10.3. The Hall–Kier alpha value is -1.29. The molecule has 0 saturated carbocycles. The molecule has 1 aromatic carbocycles. The number of nitrogens with two attached hydrogens (primary N) is 1. The molecule has 0 heterocycles. The van der Waals surface area contributed by atoms with E-state index in [1.807, 2.05) is 13.0 Å². The minimum Gasteiger partial charge on any atom is -0.493 e. The van der Waals surface area contributed by atoms with Crippen LogP contribution in [0.25, 0.3) is 0 Å². The Balaban J connectivity index is 3.30. The SMILES string of the molecule is COc1cc(C)c(C(N)=S)cc1OC. The van der Waals surface area contributed by atoms with Gasteiger partial charge in [0.15, 0.2) is 11.5 Å². The van der Waals surface area contributed by atoms with Gasteiger partial charge in [0.25, 0.3) is 0 Å². The lowest BCUT2D eigenvalue weighted by Gasteiger charge is -2.11. The molecule has 0 aliphatic heterocycles. The molecule has 1 aromatic rings. The predicted molar refractivity (Wildman–Crippen MR) is 60.2 cm³/mol. The summed E-state index contributed by atoms with van der Waals surface area (Å²) >= 11 is 4.92. The van der Waals surface area contributed by atoms with Crippen LogP contribution in [0.1, 0.15) is 11.1 Å². The molecule has 0 aromatic heterocycles. The average molecular weight is 211 g/mol. The number of ether oxygens (including phenoxy) is 2. The van der Waals surface area contributed by atoms with E-state index in [9.17, 15) is 0 Å². The number of thiocarbonyl (C=S) groups is 1. The van der Waals surface area contributed by atoms with Crippen molar-refractivity contribution in [2.45, 2.75) is 6.92 Å². The zero-order valence-electron chi connectivity index (χ0n) is 8.46. The van der Waals surface area contributed by atoms with Crippen molar-refractivity contribution in [2.75, 3.05) is 14.2 Å². The zero-order chi connectivity index (χ0) is 10.7. The van der Waals surface area contributed by atoms with E-state index < -0.39 is 0 Å². The van der Waals surface area contributed by atoms with Crippen LogP contribution in [0.2, 0.25) is 0 Å². The molecule has 3 nitrogen and oxygen atoms in total. The van der Waals surface area contributed by atoms with Gasteiger partial charge >= 0.3 is 0 Å². The van der Waals surface area contributed by atoms with Crippen molar-refractivity contribution in [1.29, 1.82) is 0 Å². The van der Waals surface area contributed by atoms with E-state index in [1.165, 1.54) is 0 Å². The topological polar surface area (TPSA) is 44.5 Å². The fourth-order valence-corrected chi connectivity index (χ4v) is 1.47. The standard InChI is InChI=1S/C10H13NO2S/c1-6-4-8(12-2)9(13-3)5-7(6)10(11)14/h4-5H,1-3H3,(H2,11,14). The van der Waals surface area contributed by atoms with Crippen LogP contribution in [-0.2, 0) is 0 Å². The maximum Gasteiger partial charge on any atom is 0.161 e. The summed E-state index contributed by atoms with van der Waals surface area (Å²) in [5.74, 6) is 1.32. The van der Waals surface area contributed by atoms with Gasteiger partial charge in [0.05, 0.1) is 14.2 Å². The predicted octanol–water partition coefficient (Wildman–Crippen LogP) is 1.65. The lowest BCUT2D eigenvalue weighted by atomic mass is 10.1. The van der Waals surface area contributed by atoms with E-state index in [0.717, 1.165) is 11.1 Å². The summed E-state index contributed by atoms with van der Waals surface area (Å²) in [5.41, 5.74) is 7.36. The minimum absolute atomic E-state index is 0.364. The molecule has 0 radical (unpaired) electrons. The van der Waals surface area contributed by atoms with Crippen LogP contribution in [0.5, 0.6) is 11.5 Å². The summed E-state index contributed by atoms with van der Waals surface area (Å²) in [6.07, 6.45) is 0. The Bertz CT molecular complexity index is 363. The van der Waals surface area contributed by atoms with Crippen molar-refractivity contribution in [1.82, 2.24) is 0 Å².